The lowest BCUT2D eigenvalue weighted by atomic mass is 10.4. The fourth-order valence-electron chi connectivity index (χ4n) is 1.48. The molecule has 108 valence electrons. The summed E-state index contributed by atoms with van der Waals surface area (Å²) in [6.45, 7) is 3.66. The molecule has 0 aliphatic rings. The number of aliphatic imine (C=N–C) groups is 1. The van der Waals surface area contributed by atoms with Gasteiger partial charge < -0.3 is 15.2 Å². The van der Waals surface area contributed by atoms with Crippen LogP contribution in [-0.2, 0) is 13.6 Å². The quantitative estimate of drug-likeness (QED) is 0.647. The van der Waals surface area contributed by atoms with Crippen LogP contribution in [0.1, 0.15) is 12.6 Å². The van der Waals surface area contributed by atoms with Crippen molar-refractivity contribution in [1.29, 1.82) is 0 Å². The Balaban J connectivity index is 2.52. The molecule has 2 N–H and O–H groups in total. The maximum Gasteiger partial charge on any atom is 0.191 e. The Morgan fingerprint density at radius 3 is 2.63 bits per heavy atom. The van der Waals surface area contributed by atoms with E-state index in [-0.39, 0.29) is 0 Å². The summed E-state index contributed by atoms with van der Waals surface area (Å²) in [4.78, 5) is 4.18. The summed E-state index contributed by atoms with van der Waals surface area (Å²) in [6.07, 6.45) is 2.09. The van der Waals surface area contributed by atoms with Crippen LogP contribution in [0.4, 0.5) is 0 Å². The average Bonchev–Trinajstić information content (AvgIpc) is 2.66. The predicted octanol–water partition coefficient (Wildman–Crippen LogP) is 2.75. The predicted molar refractivity (Wildman–Crippen MR) is 86.6 cm³/mol. The first-order valence-electron chi connectivity index (χ1n) is 5.96. The molecule has 1 atom stereocenters. The molecule has 0 aliphatic carbocycles. The third-order valence-corrected chi connectivity index (χ3v) is 4.65. The van der Waals surface area contributed by atoms with Crippen LogP contribution in [0.15, 0.2) is 11.1 Å². The van der Waals surface area contributed by atoms with E-state index >= 15 is 0 Å². The van der Waals surface area contributed by atoms with Crippen molar-refractivity contribution in [2.75, 3.05) is 19.8 Å². The van der Waals surface area contributed by atoms with Crippen molar-refractivity contribution in [2.45, 2.75) is 18.7 Å². The van der Waals surface area contributed by atoms with E-state index in [9.17, 15) is 0 Å². The van der Waals surface area contributed by atoms with Crippen molar-refractivity contribution < 1.29 is 0 Å². The van der Waals surface area contributed by atoms with Gasteiger partial charge in [0.25, 0.3) is 0 Å². The van der Waals surface area contributed by atoms with Crippen LogP contribution < -0.4 is 10.6 Å². The topological polar surface area (TPSA) is 41.4 Å². The molecule has 0 saturated carbocycles. The van der Waals surface area contributed by atoms with Gasteiger partial charge in [-0.2, -0.15) is 11.8 Å². The second-order valence-corrected chi connectivity index (χ2v) is 6.23. The van der Waals surface area contributed by atoms with Crippen LogP contribution in [0.2, 0.25) is 10.2 Å². The van der Waals surface area contributed by atoms with Gasteiger partial charge >= 0.3 is 0 Å². The van der Waals surface area contributed by atoms with E-state index in [1.165, 1.54) is 0 Å². The number of nitrogens with zero attached hydrogens (tertiary/aromatic N) is 2. The molecular weight excluding hydrogens is 303 g/mol. The number of thioether (sulfide) groups is 1. The van der Waals surface area contributed by atoms with Crippen molar-refractivity contribution in [2.24, 2.45) is 12.0 Å². The van der Waals surface area contributed by atoms with Gasteiger partial charge in [-0.15, -0.1) is 0 Å². The maximum absolute atomic E-state index is 6.02. The summed E-state index contributed by atoms with van der Waals surface area (Å²) >= 11 is 13.8. The lowest BCUT2D eigenvalue weighted by Crippen LogP contribution is -2.39. The first-order valence-corrected chi connectivity index (χ1v) is 8.00. The van der Waals surface area contributed by atoms with E-state index in [4.69, 9.17) is 23.2 Å². The van der Waals surface area contributed by atoms with Crippen LogP contribution >= 0.6 is 35.0 Å². The van der Waals surface area contributed by atoms with Crippen LogP contribution in [0.5, 0.6) is 0 Å². The average molecular weight is 323 g/mol. The van der Waals surface area contributed by atoms with Crippen LogP contribution in [0, 0.1) is 0 Å². The Morgan fingerprint density at radius 2 is 2.16 bits per heavy atom. The Bertz CT molecular complexity index is 445. The molecule has 1 rings (SSSR count). The van der Waals surface area contributed by atoms with Gasteiger partial charge in [0.2, 0.25) is 0 Å². The second kappa shape index (κ2) is 7.92. The van der Waals surface area contributed by atoms with E-state index in [1.807, 2.05) is 29.4 Å². The lowest BCUT2D eigenvalue weighted by molar-refractivity contribution is 0.746. The molecule has 19 heavy (non-hydrogen) atoms. The zero-order valence-corrected chi connectivity index (χ0v) is 14.0. The number of aromatic nitrogens is 1. The van der Waals surface area contributed by atoms with E-state index in [0.29, 0.717) is 22.0 Å². The minimum absolute atomic E-state index is 0.539. The molecule has 0 aromatic carbocycles. The smallest absolute Gasteiger partial charge is 0.191 e. The first kappa shape index (κ1) is 16.5. The normalized spacial score (nSPS) is 13.5. The molecule has 1 aromatic rings. The largest absolute Gasteiger partial charge is 0.355 e. The van der Waals surface area contributed by atoms with E-state index in [1.54, 1.807) is 7.05 Å². The van der Waals surface area contributed by atoms with Crippen molar-refractivity contribution in [1.82, 2.24) is 15.2 Å². The number of rotatable bonds is 5. The van der Waals surface area contributed by atoms with Crippen LogP contribution in [-0.4, -0.2) is 35.6 Å². The van der Waals surface area contributed by atoms with Gasteiger partial charge in [0.1, 0.15) is 5.15 Å². The fraction of sp³-hybridized carbons (Fsp3) is 0.583. The highest BCUT2D eigenvalue weighted by molar-refractivity contribution is 7.99. The Morgan fingerprint density at radius 1 is 1.47 bits per heavy atom. The Hall–Kier alpha value is -0.520. The molecule has 1 unspecified atom stereocenters. The molecule has 0 amide bonds. The van der Waals surface area contributed by atoms with Gasteiger partial charge in [-0.3, -0.25) is 4.99 Å². The van der Waals surface area contributed by atoms with E-state index < -0.39 is 0 Å². The number of nitrogens with one attached hydrogen (secondary N) is 2. The first-order chi connectivity index (χ1) is 8.99. The number of hydrogen-bond acceptors (Lipinski definition) is 2. The highest BCUT2D eigenvalue weighted by Gasteiger charge is 2.09. The van der Waals surface area contributed by atoms with Crippen molar-refractivity contribution >= 4 is 40.9 Å². The summed E-state index contributed by atoms with van der Waals surface area (Å²) in [6, 6.07) is 1.86. The summed E-state index contributed by atoms with van der Waals surface area (Å²) in [5.41, 5.74) is 1.01. The standard InChI is InChI=1S/C12H20Cl2N4S/c1-8(19-4)6-16-12(15-2)17-7-9-5-10(13)11(14)18(9)3/h5,8H,6-7H2,1-4H3,(H2,15,16,17). The van der Waals surface area contributed by atoms with Crippen LogP contribution in [0.3, 0.4) is 0 Å². The van der Waals surface area contributed by atoms with Gasteiger partial charge in [0.05, 0.1) is 11.6 Å². The molecule has 0 radical (unpaired) electrons. The van der Waals surface area contributed by atoms with E-state index in [0.717, 1.165) is 18.2 Å². The van der Waals surface area contributed by atoms with E-state index in [2.05, 4.69) is 28.8 Å². The molecule has 0 saturated heterocycles. The molecule has 1 aromatic heterocycles. The molecule has 4 nitrogen and oxygen atoms in total. The number of hydrogen-bond donors (Lipinski definition) is 2. The minimum atomic E-state index is 0.539. The number of guanidine groups is 1. The van der Waals surface area contributed by atoms with Crippen molar-refractivity contribution in [3.8, 4) is 0 Å². The summed E-state index contributed by atoms with van der Waals surface area (Å²) in [5, 5.41) is 8.17. The molecule has 0 bridgehead atoms. The zero-order chi connectivity index (χ0) is 14.4. The van der Waals surface area contributed by atoms with Crippen LogP contribution in [0.25, 0.3) is 0 Å². The van der Waals surface area contributed by atoms with Crippen molar-refractivity contribution in [3.05, 3.63) is 21.9 Å². The fourth-order valence-corrected chi connectivity index (χ4v) is 2.14. The summed E-state index contributed by atoms with van der Waals surface area (Å²) in [7, 11) is 3.64. The Labute approximate surface area is 128 Å². The lowest BCUT2D eigenvalue weighted by Gasteiger charge is -2.14. The Kier molecular flexibility index (Phi) is 6.89. The molecule has 1 heterocycles. The SMILES string of the molecule is CN=C(NCc1cc(Cl)c(Cl)n1C)NCC(C)SC. The monoisotopic (exact) mass is 322 g/mol. The number of halogens is 2. The summed E-state index contributed by atoms with van der Waals surface area (Å²) in [5.74, 6) is 0.773. The molecule has 7 heteroatoms. The van der Waals surface area contributed by atoms with Crippen molar-refractivity contribution in [3.63, 3.8) is 0 Å². The third kappa shape index (κ3) is 4.82. The second-order valence-electron chi connectivity index (χ2n) is 4.19. The zero-order valence-electron chi connectivity index (χ0n) is 11.6. The van der Waals surface area contributed by atoms with Gasteiger partial charge in [-0.05, 0) is 12.3 Å². The highest BCUT2D eigenvalue weighted by Crippen LogP contribution is 2.24. The molecule has 0 fully saturated rings. The molecule has 0 aliphatic heterocycles. The third-order valence-electron chi connectivity index (χ3n) is 2.84. The van der Waals surface area contributed by atoms with Gasteiger partial charge in [-0.1, -0.05) is 30.1 Å². The van der Waals surface area contributed by atoms with Gasteiger partial charge in [0, 0.05) is 31.6 Å². The molecule has 0 spiro atoms. The minimum Gasteiger partial charge on any atom is -0.355 e. The molecular formula is C12H20Cl2N4S. The van der Waals surface area contributed by atoms with Gasteiger partial charge in [0.15, 0.2) is 5.96 Å². The summed E-state index contributed by atoms with van der Waals surface area (Å²) < 4.78 is 1.86. The highest BCUT2D eigenvalue weighted by atomic mass is 35.5. The maximum atomic E-state index is 6.02. The van der Waals surface area contributed by atoms with Gasteiger partial charge in [-0.25, -0.2) is 0 Å².